The number of unbranched alkanes of at least 4 members (excludes halogenated alkanes) is 4. The minimum Gasteiger partial charge on any atom is -0.493 e. The summed E-state index contributed by atoms with van der Waals surface area (Å²) < 4.78 is 6.90. The Kier molecular flexibility index (Phi) is 9.77. The number of rotatable bonds is 11. The van der Waals surface area contributed by atoms with E-state index in [4.69, 9.17) is 4.74 Å². The lowest BCUT2D eigenvalue weighted by Crippen LogP contribution is -2.15. The molecule has 0 saturated heterocycles. The molecule has 0 spiro atoms. The maximum atomic E-state index is 5.79. The Hall–Kier alpha value is -0.540. The van der Waals surface area contributed by atoms with Crippen LogP contribution in [0.5, 0.6) is 5.75 Å². The topological polar surface area (TPSA) is 21.3 Å². The summed E-state index contributed by atoms with van der Waals surface area (Å²) in [5, 5.41) is 3.52. The largest absolute Gasteiger partial charge is 0.493 e. The number of benzene rings is 1. The quantitative estimate of drug-likeness (QED) is 0.551. The van der Waals surface area contributed by atoms with Gasteiger partial charge in [0.05, 0.1) is 6.61 Å². The molecule has 2 nitrogen and oxygen atoms in total. The van der Waals surface area contributed by atoms with Crippen LogP contribution in [-0.2, 0) is 6.54 Å². The van der Waals surface area contributed by atoms with E-state index >= 15 is 0 Å². The minimum atomic E-state index is 0.783. The third kappa shape index (κ3) is 7.30. The molecular weight excluding hydrogens is 314 g/mol. The lowest BCUT2D eigenvalue weighted by molar-refractivity contribution is 0.313. The highest BCUT2D eigenvalue weighted by Gasteiger charge is 2.04. The fourth-order valence-electron chi connectivity index (χ4n) is 2.12. The molecule has 1 aromatic rings. The zero-order valence-corrected chi connectivity index (χ0v) is 14.5. The molecule has 0 bridgehead atoms. The second kappa shape index (κ2) is 11.2. The van der Waals surface area contributed by atoms with Crippen molar-refractivity contribution in [2.24, 2.45) is 0 Å². The van der Waals surface area contributed by atoms with E-state index in [-0.39, 0.29) is 0 Å². The summed E-state index contributed by atoms with van der Waals surface area (Å²) in [6.07, 6.45) is 7.67. The molecule has 20 heavy (non-hydrogen) atoms. The number of nitrogens with one attached hydrogen (secondary N) is 1. The highest BCUT2D eigenvalue weighted by atomic mass is 79.9. The molecule has 0 amide bonds. The Labute approximate surface area is 132 Å². The maximum absolute atomic E-state index is 5.79. The molecule has 3 heteroatoms. The summed E-state index contributed by atoms with van der Waals surface area (Å²) in [7, 11) is 0. The SMILES string of the molecule is CCCCCCCNCc1cc(Br)ccc1OCCC. The first-order valence-corrected chi connectivity index (χ1v) is 8.69. The summed E-state index contributed by atoms with van der Waals surface area (Å²) >= 11 is 3.53. The van der Waals surface area contributed by atoms with Crippen molar-refractivity contribution < 1.29 is 4.74 Å². The van der Waals surface area contributed by atoms with Crippen LogP contribution >= 0.6 is 15.9 Å². The van der Waals surface area contributed by atoms with Crippen molar-refractivity contribution in [3.63, 3.8) is 0 Å². The van der Waals surface area contributed by atoms with Crippen molar-refractivity contribution in [2.75, 3.05) is 13.2 Å². The van der Waals surface area contributed by atoms with Gasteiger partial charge in [-0.15, -0.1) is 0 Å². The van der Waals surface area contributed by atoms with E-state index < -0.39 is 0 Å². The number of halogens is 1. The molecule has 114 valence electrons. The van der Waals surface area contributed by atoms with E-state index in [1.165, 1.54) is 37.7 Å². The Morgan fingerprint density at radius 1 is 1.05 bits per heavy atom. The molecular formula is C17H28BrNO. The van der Waals surface area contributed by atoms with Gasteiger partial charge in [-0.25, -0.2) is 0 Å². The fourth-order valence-corrected chi connectivity index (χ4v) is 2.52. The predicted octanol–water partition coefficient (Wildman–Crippen LogP) is 5.30. The van der Waals surface area contributed by atoms with Gasteiger partial charge in [-0.1, -0.05) is 55.5 Å². The van der Waals surface area contributed by atoms with Gasteiger partial charge in [0.25, 0.3) is 0 Å². The lowest BCUT2D eigenvalue weighted by atomic mass is 10.1. The summed E-state index contributed by atoms with van der Waals surface area (Å²) in [5.41, 5.74) is 1.24. The van der Waals surface area contributed by atoms with Crippen LogP contribution in [-0.4, -0.2) is 13.2 Å². The van der Waals surface area contributed by atoms with E-state index in [9.17, 15) is 0 Å². The average Bonchev–Trinajstić information content (AvgIpc) is 2.45. The van der Waals surface area contributed by atoms with Crippen LogP contribution < -0.4 is 10.1 Å². The monoisotopic (exact) mass is 341 g/mol. The average molecular weight is 342 g/mol. The second-order valence-corrected chi connectivity index (χ2v) is 6.11. The zero-order chi connectivity index (χ0) is 14.6. The van der Waals surface area contributed by atoms with E-state index in [1.807, 2.05) is 6.07 Å². The summed E-state index contributed by atoms with van der Waals surface area (Å²) in [6.45, 7) is 7.14. The highest BCUT2D eigenvalue weighted by Crippen LogP contribution is 2.23. The van der Waals surface area contributed by atoms with Gasteiger partial charge in [0.2, 0.25) is 0 Å². The Morgan fingerprint density at radius 3 is 2.60 bits per heavy atom. The van der Waals surface area contributed by atoms with Crippen LogP contribution in [0.25, 0.3) is 0 Å². The highest BCUT2D eigenvalue weighted by molar-refractivity contribution is 9.10. The van der Waals surface area contributed by atoms with E-state index in [1.54, 1.807) is 0 Å². The van der Waals surface area contributed by atoms with Crippen molar-refractivity contribution in [1.82, 2.24) is 5.32 Å². The molecule has 0 fully saturated rings. The third-order valence-corrected chi connectivity index (χ3v) is 3.75. The normalized spacial score (nSPS) is 10.8. The third-order valence-electron chi connectivity index (χ3n) is 3.26. The van der Waals surface area contributed by atoms with Crippen molar-refractivity contribution in [3.8, 4) is 5.75 Å². The van der Waals surface area contributed by atoms with Crippen molar-refractivity contribution in [3.05, 3.63) is 28.2 Å². The van der Waals surface area contributed by atoms with E-state index in [0.717, 1.165) is 36.3 Å². The first kappa shape index (κ1) is 17.5. The van der Waals surface area contributed by atoms with E-state index in [2.05, 4.69) is 47.2 Å². The van der Waals surface area contributed by atoms with Crippen LogP contribution in [0.3, 0.4) is 0 Å². The van der Waals surface area contributed by atoms with Gasteiger partial charge in [0.1, 0.15) is 5.75 Å². The molecule has 0 saturated carbocycles. The Balaban J connectivity index is 2.32. The molecule has 0 heterocycles. The van der Waals surface area contributed by atoms with Gasteiger partial charge in [-0.2, -0.15) is 0 Å². The second-order valence-electron chi connectivity index (χ2n) is 5.19. The van der Waals surface area contributed by atoms with Gasteiger partial charge >= 0.3 is 0 Å². The molecule has 0 aliphatic heterocycles. The molecule has 1 rings (SSSR count). The Morgan fingerprint density at radius 2 is 1.85 bits per heavy atom. The maximum Gasteiger partial charge on any atom is 0.123 e. The number of hydrogen-bond acceptors (Lipinski definition) is 2. The van der Waals surface area contributed by atoms with Gasteiger partial charge in [-0.3, -0.25) is 0 Å². The first-order chi connectivity index (χ1) is 9.77. The fraction of sp³-hybridized carbons (Fsp3) is 0.647. The predicted molar refractivity (Wildman–Crippen MR) is 90.4 cm³/mol. The van der Waals surface area contributed by atoms with Gasteiger partial charge in [0.15, 0.2) is 0 Å². The van der Waals surface area contributed by atoms with Gasteiger partial charge in [-0.05, 0) is 37.6 Å². The summed E-state index contributed by atoms with van der Waals surface area (Å²) in [5.74, 6) is 1.01. The van der Waals surface area contributed by atoms with Crippen molar-refractivity contribution >= 4 is 15.9 Å². The van der Waals surface area contributed by atoms with Crippen molar-refractivity contribution in [2.45, 2.75) is 58.9 Å². The number of hydrogen-bond donors (Lipinski definition) is 1. The van der Waals surface area contributed by atoms with Crippen LogP contribution in [0.4, 0.5) is 0 Å². The summed E-state index contributed by atoms with van der Waals surface area (Å²) in [4.78, 5) is 0. The molecule has 0 radical (unpaired) electrons. The van der Waals surface area contributed by atoms with Gasteiger partial charge < -0.3 is 10.1 Å². The number of ether oxygens (including phenoxy) is 1. The lowest BCUT2D eigenvalue weighted by Gasteiger charge is -2.12. The zero-order valence-electron chi connectivity index (χ0n) is 12.9. The molecule has 1 N–H and O–H groups in total. The molecule has 0 aliphatic carbocycles. The minimum absolute atomic E-state index is 0.783. The van der Waals surface area contributed by atoms with Crippen LogP contribution in [0.15, 0.2) is 22.7 Å². The Bertz CT molecular complexity index is 368. The molecule has 0 aromatic heterocycles. The molecule has 0 atom stereocenters. The summed E-state index contributed by atoms with van der Waals surface area (Å²) in [6, 6.07) is 6.24. The van der Waals surface area contributed by atoms with Gasteiger partial charge in [0, 0.05) is 16.6 Å². The van der Waals surface area contributed by atoms with Crippen LogP contribution in [0.1, 0.15) is 57.9 Å². The van der Waals surface area contributed by atoms with Crippen LogP contribution in [0.2, 0.25) is 0 Å². The van der Waals surface area contributed by atoms with Crippen LogP contribution in [0, 0.1) is 0 Å². The molecule has 1 aromatic carbocycles. The van der Waals surface area contributed by atoms with E-state index in [0.29, 0.717) is 0 Å². The molecule has 0 unspecified atom stereocenters. The molecule has 0 aliphatic rings. The standard InChI is InChI=1S/C17H28BrNO/c1-3-5-6-7-8-11-19-14-15-13-16(18)9-10-17(15)20-12-4-2/h9-10,13,19H,3-8,11-12,14H2,1-2H3. The smallest absolute Gasteiger partial charge is 0.123 e. The first-order valence-electron chi connectivity index (χ1n) is 7.89. The van der Waals surface area contributed by atoms with Crippen molar-refractivity contribution in [1.29, 1.82) is 0 Å².